The van der Waals surface area contributed by atoms with E-state index in [1.807, 2.05) is 20.8 Å². The summed E-state index contributed by atoms with van der Waals surface area (Å²) < 4.78 is 18.3. The summed E-state index contributed by atoms with van der Waals surface area (Å²) in [6, 6.07) is 2.59. The second kappa shape index (κ2) is 5.71. The van der Waals surface area contributed by atoms with Gasteiger partial charge >= 0.3 is 5.97 Å². The van der Waals surface area contributed by atoms with E-state index in [4.69, 9.17) is 5.73 Å². The molecule has 4 nitrogen and oxygen atoms in total. The van der Waals surface area contributed by atoms with Crippen LogP contribution in [0.2, 0.25) is 0 Å². The molecule has 0 amide bonds. The van der Waals surface area contributed by atoms with Crippen molar-refractivity contribution in [2.75, 3.05) is 18.2 Å². The Morgan fingerprint density at radius 2 is 2.00 bits per heavy atom. The summed E-state index contributed by atoms with van der Waals surface area (Å²) in [4.78, 5) is 11.5. The predicted molar refractivity (Wildman–Crippen MR) is 70.1 cm³/mol. The summed E-state index contributed by atoms with van der Waals surface area (Å²) in [5.41, 5.74) is 6.08. The first-order chi connectivity index (χ1) is 8.36. The van der Waals surface area contributed by atoms with E-state index in [1.54, 1.807) is 0 Å². The summed E-state index contributed by atoms with van der Waals surface area (Å²) >= 11 is 0. The molecular formula is C13H19FN2O2. The third-order valence-electron chi connectivity index (χ3n) is 2.93. The molecule has 100 valence electrons. The molecule has 0 spiro atoms. The Bertz CT molecular complexity index is 447. The quantitative estimate of drug-likeness (QED) is 0.640. The fourth-order valence-corrected chi connectivity index (χ4v) is 1.40. The lowest BCUT2D eigenvalue weighted by Gasteiger charge is -2.20. The van der Waals surface area contributed by atoms with Crippen molar-refractivity contribution in [3.8, 4) is 0 Å². The minimum absolute atomic E-state index is 0.0714. The number of halogens is 1. The van der Waals surface area contributed by atoms with Gasteiger partial charge in [0.05, 0.1) is 18.4 Å². The molecule has 1 atom stereocenters. The standard InChI is InChI=1S/C13H19FN2O2/c1-7(2)8(3)16-12-5-9(13(17)18-4)11(15)6-10(12)14/h5-8,16H,15H2,1-4H3. The Morgan fingerprint density at radius 1 is 1.39 bits per heavy atom. The van der Waals surface area contributed by atoms with Gasteiger partial charge in [-0.05, 0) is 25.0 Å². The van der Waals surface area contributed by atoms with E-state index in [0.29, 0.717) is 5.92 Å². The van der Waals surface area contributed by atoms with Crippen LogP contribution in [0.1, 0.15) is 31.1 Å². The fraction of sp³-hybridized carbons (Fsp3) is 0.462. The van der Waals surface area contributed by atoms with Crippen LogP contribution in [-0.4, -0.2) is 19.1 Å². The highest BCUT2D eigenvalue weighted by molar-refractivity contribution is 5.96. The first-order valence-corrected chi connectivity index (χ1v) is 5.80. The number of benzene rings is 1. The van der Waals surface area contributed by atoms with Crippen molar-refractivity contribution in [1.29, 1.82) is 0 Å². The van der Waals surface area contributed by atoms with Crippen molar-refractivity contribution in [1.82, 2.24) is 0 Å². The molecular weight excluding hydrogens is 235 g/mol. The molecule has 0 aliphatic heterocycles. The number of carbonyl (C=O) groups is 1. The van der Waals surface area contributed by atoms with E-state index >= 15 is 0 Å². The number of hydrogen-bond donors (Lipinski definition) is 2. The van der Waals surface area contributed by atoms with Crippen LogP contribution in [0.4, 0.5) is 15.8 Å². The molecule has 0 saturated heterocycles. The van der Waals surface area contributed by atoms with Crippen LogP contribution in [0.5, 0.6) is 0 Å². The minimum Gasteiger partial charge on any atom is -0.465 e. The van der Waals surface area contributed by atoms with Crippen LogP contribution in [0.3, 0.4) is 0 Å². The van der Waals surface area contributed by atoms with Crippen LogP contribution >= 0.6 is 0 Å². The van der Waals surface area contributed by atoms with Crippen LogP contribution < -0.4 is 11.1 Å². The number of ether oxygens (including phenoxy) is 1. The van der Waals surface area contributed by atoms with E-state index < -0.39 is 11.8 Å². The van der Waals surface area contributed by atoms with Crippen molar-refractivity contribution in [2.24, 2.45) is 5.92 Å². The number of nitrogens with one attached hydrogen (secondary N) is 1. The molecule has 1 aromatic carbocycles. The first-order valence-electron chi connectivity index (χ1n) is 5.80. The SMILES string of the molecule is COC(=O)c1cc(NC(C)C(C)C)c(F)cc1N. The van der Waals surface area contributed by atoms with E-state index in [2.05, 4.69) is 10.1 Å². The van der Waals surface area contributed by atoms with E-state index in [1.165, 1.54) is 13.2 Å². The van der Waals surface area contributed by atoms with Gasteiger partial charge in [0.2, 0.25) is 0 Å². The van der Waals surface area contributed by atoms with Gasteiger partial charge < -0.3 is 15.8 Å². The van der Waals surface area contributed by atoms with Gasteiger partial charge in [-0.3, -0.25) is 0 Å². The number of esters is 1. The van der Waals surface area contributed by atoms with Crippen LogP contribution in [0.25, 0.3) is 0 Å². The molecule has 0 aliphatic rings. The smallest absolute Gasteiger partial charge is 0.340 e. The zero-order valence-corrected chi connectivity index (χ0v) is 11.1. The Morgan fingerprint density at radius 3 is 2.50 bits per heavy atom. The molecule has 0 aromatic heterocycles. The van der Waals surface area contributed by atoms with E-state index in [0.717, 1.165) is 6.07 Å². The van der Waals surface area contributed by atoms with Gasteiger partial charge in [-0.15, -0.1) is 0 Å². The average Bonchev–Trinajstić information content (AvgIpc) is 2.31. The summed E-state index contributed by atoms with van der Waals surface area (Å²) in [7, 11) is 1.26. The Kier molecular flexibility index (Phi) is 4.53. The molecule has 5 heteroatoms. The number of rotatable bonds is 4. The van der Waals surface area contributed by atoms with Gasteiger partial charge in [-0.1, -0.05) is 13.8 Å². The predicted octanol–water partition coefficient (Wildman–Crippen LogP) is 2.65. The number of nitrogen functional groups attached to an aromatic ring is 1. The van der Waals surface area contributed by atoms with Gasteiger partial charge in [-0.25, -0.2) is 9.18 Å². The fourth-order valence-electron chi connectivity index (χ4n) is 1.40. The summed E-state index contributed by atoms with van der Waals surface area (Å²) in [6.45, 7) is 5.99. The molecule has 0 saturated carbocycles. The monoisotopic (exact) mass is 254 g/mol. The minimum atomic E-state index is -0.576. The first kappa shape index (κ1) is 14.3. The van der Waals surface area contributed by atoms with Gasteiger partial charge in [0.1, 0.15) is 5.82 Å². The molecule has 1 rings (SSSR count). The number of carbonyl (C=O) groups excluding carboxylic acids is 1. The van der Waals surface area contributed by atoms with Crippen molar-refractivity contribution >= 4 is 17.3 Å². The zero-order valence-electron chi connectivity index (χ0n) is 11.1. The van der Waals surface area contributed by atoms with Gasteiger partial charge in [-0.2, -0.15) is 0 Å². The molecule has 1 aromatic rings. The lowest BCUT2D eigenvalue weighted by Crippen LogP contribution is -2.22. The normalized spacial score (nSPS) is 12.3. The lowest BCUT2D eigenvalue weighted by atomic mass is 10.1. The topological polar surface area (TPSA) is 64.3 Å². The van der Waals surface area contributed by atoms with Crippen molar-refractivity contribution in [3.05, 3.63) is 23.5 Å². The van der Waals surface area contributed by atoms with Crippen LogP contribution in [-0.2, 0) is 4.74 Å². The number of anilines is 2. The average molecular weight is 254 g/mol. The van der Waals surface area contributed by atoms with E-state index in [9.17, 15) is 9.18 Å². The Hall–Kier alpha value is -1.78. The highest BCUT2D eigenvalue weighted by Gasteiger charge is 2.16. The summed E-state index contributed by atoms with van der Waals surface area (Å²) in [6.07, 6.45) is 0. The molecule has 0 radical (unpaired) electrons. The van der Waals surface area contributed by atoms with Gasteiger partial charge in [0.25, 0.3) is 0 Å². The number of hydrogen-bond acceptors (Lipinski definition) is 4. The maximum Gasteiger partial charge on any atom is 0.340 e. The highest BCUT2D eigenvalue weighted by atomic mass is 19.1. The maximum atomic E-state index is 13.7. The zero-order chi connectivity index (χ0) is 13.9. The molecule has 0 aliphatic carbocycles. The van der Waals surface area contributed by atoms with Crippen LogP contribution in [0, 0.1) is 11.7 Å². The lowest BCUT2D eigenvalue weighted by molar-refractivity contribution is 0.0602. The number of nitrogens with two attached hydrogens (primary N) is 1. The number of methoxy groups -OCH3 is 1. The van der Waals surface area contributed by atoms with Crippen molar-refractivity contribution in [3.63, 3.8) is 0 Å². The molecule has 0 heterocycles. The van der Waals surface area contributed by atoms with Gasteiger partial charge in [0, 0.05) is 11.7 Å². The molecule has 0 fully saturated rings. The van der Waals surface area contributed by atoms with Crippen molar-refractivity contribution < 1.29 is 13.9 Å². The molecule has 1 unspecified atom stereocenters. The maximum absolute atomic E-state index is 13.7. The summed E-state index contributed by atoms with van der Waals surface area (Å²) in [5.74, 6) is -0.719. The Labute approximate surface area is 106 Å². The molecule has 0 bridgehead atoms. The van der Waals surface area contributed by atoms with Gasteiger partial charge in [0.15, 0.2) is 0 Å². The highest BCUT2D eigenvalue weighted by Crippen LogP contribution is 2.24. The third kappa shape index (κ3) is 3.12. The Balaban J connectivity index is 3.09. The third-order valence-corrected chi connectivity index (χ3v) is 2.93. The molecule has 18 heavy (non-hydrogen) atoms. The van der Waals surface area contributed by atoms with E-state index in [-0.39, 0.29) is 23.0 Å². The van der Waals surface area contributed by atoms with Crippen molar-refractivity contribution in [2.45, 2.75) is 26.8 Å². The van der Waals surface area contributed by atoms with Crippen LogP contribution in [0.15, 0.2) is 12.1 Å². The second-order valence-corrected chi connectivity index (χ2v) is 4.59. The largest absolute Gasteiger partial charge is 0.465 e. The second-order valence-electron chi connectivity index (χ2n) is 4.59. The summed E-state index contributed by atoms with van der Waals surface area (Å²) in [5, 5.41) is 3.02. The molecule has 3 N–H and O–H groups in total.